The average molecular weight is 309 g/mol. The zero-order valence-corrected chi connectivity index (χ0v) is 13.0. The van der Waals surface area contributed by atoms with Crippen molar-refractivity contribution < 1.29 is 23.4 Å². The number of esters is 1. The van der Waals surface area contributed by atoms with Gasteiger partial charge in [0.25, 0.3) is 0 Å². The second-order valence-corrected chi connectivity index (χ2v) is 5.55. The Hall–Kier alpha value is -2.13. The molecule has 0 atom stereocenters. The van der Waals surface area contributed by atoms with Gasteiger partial charge in [-0.15, -0.1) is 0 Å². The first kappa shape index (κ1) is 17.9. The minimum atomic E-state index is -0.534. The lowest BCUT2D eigenvalue weighted by Gasteiger charge is -2.19. The van der Waals surface area contributed by atoms with Crippen molar-refractivity contribution in [1.82, 2.24) is 0 Å². The lowest BCUT2D eigenvalue weighted by molar-refractivity contribution is -0.156. The van der Waals surface area contributed by atoms with Crippen LogP contribution < -0.4 is 4.74 Å². The van der Waals surface area contributed by atoms with Crippen LogP contribution in [0.15, 0.2) is 18.2 Å². The standard InChI is InChI=1S/C16H20FNO4/c1-16(2,3)22-15(19)6-7-20-8-9-21-14-10-12(11-18)4-5-13(14)17/h4-5,10H,6-9H2,1-3H3. The van der Waals surface area contributed by atoms with Crippen LogP contribution in [-0.4, -0.2) is 31.4 Å². The minimum absolute atomic E-state index is 0.00907. The molecule has 0 aliphatic carbocycles. The third kappa shape index (κ3) is 7.04. The largest absolute Gasteiger partial charge is 0.488 e. The van der Waals surface area contributed by atoms with E-state index in [1.165, 1.54) is 18.2 Å². The summed E-state index contributed by atoms with van der Waals surface area (Å²) in [5.74, 6) is -0.858. The Morgan fingerprint density at radius 1 is 1.27 bits per heavy atom. The van der Waals surface area contributed by atoms with Crippen LogP contribution in [0.3, 0.4) is 0 Å². The Kier molecular flexibility index (Phi) is 6.80. The van der Waals surface area contributed by atoms with Gasteiger partial charge < -0.3 is 14.2 Å². The first-order valence-electron chi connectivity index (χ1n) is 6.94. The van der Waals surface area contributed by atoms with Gasteiger partial charge in [0.15, 0.2) is 11.6 Å². The lowest BCUT2D eigenvalue weighted by atomic mass is 10.2. The summed E-state index contributed by atoms with van der Waals surface area (Å²) in [6.07, 6.45) is 0.148. The number of nitriles is 1. The van der Waals surface area contributed by atoms with Gasteiger partial charge in [-0.05, 0) is 32.9 Å². The summed E-state index contributed by atoms with van der Waals surface area (Å²) in [7, 11) is 0. The smallest absolute Gasteiger partial charge is 0.308 e. The molecule has 120 valence electrons. The highest BCUT2D eigenvalue weighted by atomic mass is 19.1. The summed E-state index contributed by atoms with van der Waals surface area (Å²) in [4.78, 5) is 11.4. The molecule has 0 heterocycles. The predicted octanol–water partition coefficient (Wildman–Crippen LogP) is 2.82. The van der Waals surface area contributed by atoms with E-state index in [1.54, 1.807) is 20.8 Å². The predicted molar refractivity (Wildman–Crippen MR) is 77.9 cm³/mol. The normalized spacial score (nSPS) is 10.9. The molecule has 0 spiro atoms. The van der Waals surface area contributed by atoms with E-state index in [-0.39, 0.29) is 38.0 Å². The van der Waals surface area contributed by atoms with Crippen LogP contribution >= 0.6 is 0 Å². The zero-order chi connectivity index (χ0) is 16.6. The Bertz CT molecular complexity index is 546. The van der Waals surface area contributed by atoms with Crippen molar-refractivity contribution >= 4 is 5.97 Å². The van der Waals surface area contributed by atoms with Gasteiger partial charge in [0.2, 0.25) is 0 Å². The van der Waals surface area contributed by atoms with Gasteiger partial charge in [-0.25, -0.2) is 4.39 Å². The van der Waals surface area contributed by atoms with Crippen molar-refractivity contribution in [2.75, 3.05) is 19.8 Å². The Labute approximate surface area is 129 Å². The molecule has 0 saturated carbocycles. The molecule has 0 unspecified atom stereocenters. The van der Waals surface area contributed by atoms with Crippen LogP contribution in [0.1, 0.15) is 32.8 Å². The van der Waals surface area contributed by atoms with E-state index >= 15 is 0 Å². The fourth-order valence-electron chi connectivity index (χ4n) is 1.54. The SMILES string of the molecule is CC(C)(C)OC(=O)CCOCCOc1cc(C#N)ccc1F. The van der Waals surface area contributed by atoms with Gasteiger partial charge in [0.05, 0.1) is 31.3 Å². The number of nitrogens with zero attached hydrogens (tertiary/aromatic N) is 1. The van der Waals surface area contributed by atoms with Crippen molar-refractivity contribution in [2.45, 2.75) is 32.8 Å². The molecule has 0 radical (unpaired) electrons. The second-order valence-electron chi connectivity index (χ2n) is 5.55. The highest BCUT2D eigenvalue weighted by molar-refractivity contribution is 5.69. The Morgan fingerprint density at radius 3 is 2.64 bits per heavy atom. The van der Waals surface area contributed by atoms with E-state index in [1.807, 2.05) is 6.07 Å². The molecule has 0 N–H and O–H groups in total. The van der Waals surface area contributed by atoms with Gasteiger partial charge in [-0.2, -0.15) is 5.26 Å². The Morgan fingerprint density at radius 2 is 2.00 bits per heavy atom. The number of hydrogen-bond acceptors (Lipinski definition) is 5. The van der Waals surface area contributed by atoms with E-state index in [4.69, 9.17) is 19.5 Å². The molecule has 1 aromatic rings. The van der Waals surface area contributed by atoms with Gasteiger partial charge >= 0.3 is 5.97 Å². The molecule has 0 aliphatic rings. The summed E-state index contributed by atoms with van der Waals surface area (Å²) >= 11 is 0. The number of halogens is 1. The monoisotopic (exact) mass is 309 g/mol. The lowest BCUT2D eigenvalue weighted by Crippen LogP contribution is -2.24. The summed E-state index contributed by atoms with van der Waals surface area (Å²) in [5.41, 5.74) is -0.189. The van der Waals surface area contributed by atoms with Gasteiger partial charge in [0, 0.05) is 6.07 Å². The van der Waals surface area contributed by atoms with Crippen molar-refractivity contribution in [1.29, 1.82) is 5.26 Å². The zero-order valence-electron chi connectivity index (χ0n) is 13.0. The van der Waals surface area contributed by atoms with Crippen LogP contribution in [0.5, 0.6) is 5.75 Å². The molecule has 1 aromatic carbocycles. The highest BCUT2D eigenvalue weighted by Crippen LogP contribution is 2.18. The topological polar surface area (TPSA) is 68.6 Å². The number of carbonyl (C=O) groups excluding carboxylic acids is 1. The quantitative estimate of drug-likeness (QED) is 0.572. The molecular weight excluding hydrogens is 289 g/mol. The summed E-state index contributed by atoms with van der Waals surface area (Å²) in [6, 6.07) is 5.79. The maximum atomic E-state index is 13.4. The van der Waals surface area contributed by atoms with Crippen LogP contribution in [0.25, 0.3) is 0 Å². The van der Waals surface area contributed by atoms with Crippen LogP contribution in [0.2, 0.25) is 0 Å². The molecule has 1 rings (SSSR count). The summed E-state index contributed by atoms with van der Waals surface area (Å²) < 4.78 is 29.0. The highest BCUT2D eigenvalue weighted by Gasteiger charge is 2.15. The van der Waals surface area contributed by atoms with Crippen LogP contribution in [0.4, 0.5) is 4.39 Å². The number of rotatable bonds is 7. The first-order valence-corrected chi connectivity index (χ1v) is 6.94. The summed E-state index contributed by atoms with van der Waals surface area (Å²) in [5, 5.41) is 8.73. The number of ether oxygens (including phenoxy) is 3. The fraction of sp³-hybridized carbons (Fsp3) is 0.500. The van der Waals surface area contributed by atoms with Gasteiger partial charge in [-0.1, -0.05) is 0 Å². The van der Waals surface area contributed by atoms with E-state index in [0.29, 0.717) is 5.56 Å². The van der Waals surface area contributed by atoms with Crippen molar-refractivity contribution in [3.63, 3.8) is 0 Å². The molecule has 0 bridgehead atoms. The van der Waals surface area contributed by atoms with Crippen LogP contribution in [-0.2, 0) is 14.3 Å². The van der Waals surface area contributed by atoms with Crippen molar-refractivity contribution in [2.24, 2.45) is 0 Å². The molecule has 0 aromatic heterocycles. The third-order valence-electron chi connectivity index (χ3n) is 2.42. The van der Waals surface area contributed by atoms with Crippen LogP contribution in [0, 0.1) is 17.1 Å². The first-order chi connectivity index (χ1) is 10.3. The molecule has 6 heteroatoms. The summed E-state index contributed by atoms with van der Waals surface area (Å²) in [6.45, 7) is 5.93. The number of carbonyl (C=O) groups is 1. The minimum Gasteiger partial charge on any atom is -0.488 e. The van der Waals surface area contributed by atoms with Crippen molar-refractivity contribution in [3.8, 4) is 11.8 Å². The van der Waals surface area contributed by atoms with Gasteiger partial charge in [-0.3, -0.25) is 4.79 Å². The van der Waals surface area contributed by atoms with Crippen molar-refractivity contribution in [3.05, 3.63) is 29.6 Å². The molecule has 0 fully saturated rings. The molecule has 0 amide bonds. The molecule has 22 heavy (non-hydrogen) atoms. The van der Waals surface area contributed by atoms with E-state index in [9.17, 15) is 9.18 Å². The molecule has 5 nitrogen and oxygen atoms in total. The molecular formula is C16H20FNO4. The fourth-order valence-corrected chi connectivity index (χ4v) is 1.54. The second kappa shape index (κ2) is 8.35. The van der Waals surface area contributed by atoms with E-state index in [2.05, 4.69) is 0 Å². The maximum Gasteiger partial charge on any atom is 0.308 e. The van der Waals surface area contributed by atoms with Gasteiger partial charge in [0.1, 0.15) is 12.2 Å². The number of benzene rings is 1. The molecule has 0 saturated heterocycles. The average Bonchev–Trinajstić information content (AvgIpc) is 2.42. The van der Waals surface area contributed by atoms with E-state index < -0.39 is 11.4 Å². The maximum absolute atomic E-state index is 13.4. The number of hydrogen-bond donors (Lipinski definition) is 0. The Balaban J connectivity index is 2.21. The molecule has 0 aliphatic heterocycles. The third-order valence-corrected chi connectivity index (χ3v) is 2.42. The van der Waals surface area contributed by atoms with E-state index in [0.717, 1.165) is 0 Å².